The normalized spacial score (nSPS) is 11.8. The second-order valence-corrected chi connectivity index (χ2v) is 6.37. The van der Waals surface area contributed by atoms with Crippen LogP contribution >= 0.6 is 0 Å². The van der Waals surface area contributed by atoms with Crippen LogP contribution in [0, 0.1) is 18.6 Å². The number of amides is 1. The highest BCUT2D eigenvalue weighted by Gasteiger charge is 2.32. The first kappa shape index (κ1) is 19.6. The molecule has 0 atom stereocenters. The molecule has 1 amide bonds. The lowest BCUT2D eigenvalue weighted by molar-refractivity contribution is -0.275. The van der Waals surface area contributed by atoms with Crippen molar-refractivity contribution >= 4 is 22.8 Å². The number of carbonyl (C=O) groups excluding carboxylic acids is 1. The molecule has 4 rings (SSSR count). The standard InChI is InChI=1S/C20H11F5N2O3/c1-9-6-10(4-5-26-9)16-17(15-8-13(22)18(16)29-15)19(28)27-11-2-3-14(12(21)7-11)30-20(23,24)25/h2-8H,1H3,(H,27,28). The van der Waals surface area contributed by atoms with Crippen LogP contribution in [0.25, 0.3) is 22.3 Å². The summed E-state index contributed by atoms with van der Waals surface area (Å²) in [6.07, 6.45) is -3.57. The SMILES string of the molecule is Cc1cc(-c2c(C(=O)Nc3ccc(OC(F)(F)F)c(F)c3)c3cc(F)c2o3)ccn1. The molecule has 0 aliphatic heterocycles. The number of alkyl halides is 3. The number of pyridine rings is 1. The Morgan fingerprint density at radius 2 is 1.87 bits per heavy atom. The average molecular weight is 422 g/mol. The topological polar surface area (TPSA) is 64.4 Å². The first-order chi connectivity index (χ1) is 14.1. The molecule has 4 aromatic rings. The minimum atomic E-state index is -5.06. The third-order valence-electron chi connectivity index (χ3n) is 4.24. The second-order valence-electron chi connectivity index (χ2n) is 6.37. The highest BCUT2D eigenvalue weighted by molar-refractivity contribution is 6.16. The highest BCUT2D eigenvalue weighted by Crippen LogP contribution is 2.39. The molecule has 0 aliphatic rings. The largest absolute Gasteiger partial charge is 0.573 e. The van der Waals surface area contributed by atoms with E-state index < -0.39 is 29.7 Å². The van der Waals surface area contributed by atoms with Crippen LogP contribution in [0.2, 0.25) is 0 Å². The van der Waals surface area contributed by atoms with Gasteiger partial charge in [0.05, 0.1) is 5.56 Å². The van der Waals surface area contributed by atoms with E-state index in [1.54, 1.807) is 19.1 Å². The van der Waals surface area contributed by atoms with E-state index >= 15 is 0 Å². The first-order valence-electron chi connectivity index (χ1n) is 8.46. The fourth-order valence-corrected chi connectivity index (χ4v) is 3.08. The molecule has 0 unspecified atom stereocenters. The van der Waals surface area contributed by atoms with Crippen LogP contribution in [-0.2, 0) is 0 Å². The Labute approximate surface area is 165 Å². The monoisotopic (exact) mass is 422 g/mol. The second kappa shape index (κ2) is 6.97. The summed E-state index contributed by atoms with van der Waals surface area (Å²) in [7, 11) is 0. The molecule has 3 heterocycles. The fourth-order valence-electron chi connectivity index (χ4n) is 3.08. The Kier molecular flexibility index (Phi) is 4.56. The van der Waals surface area contributed by atoms with E-state index in [0.717, 1.165) is 18.2 Å². The van der Waals surface area contributed by atoms with Gasteiger partial charge in [0.1, 0.15) is 5.58 Å². The molecule has 0 fully saturated rings. The van der Waals surface area contributed by atoms with Gasteiger partial charge in [-0.25, -0.2) is 8.78 Å². The molecule has 30 heavy (non-hydrogen) atoms. The number of hydrogen-bond acceptors (Lipinski definition) is 4. The third-order valence-corrected chi connectivity index (χ3v) is 4.24. The van der Waals surface area contributed by atoms with Crippen molar-refractivity contribution in [2.24, 2.45) is 0 Å². The summed E-state index contributed by atoms with van der Waals surface area (Å²) in [4.78, 5) is 16.9. The Morgan fingerprint density at radius 3 is 2.53 bits per heavy atom. The van der Waals surface area contributed by atoms with Crippen molar-refractivity contribution in [3.05, 3.63) is 65.5 Å². The quantitative estimate of drug-likeness (QED) is 0.431. The maximum atomic E-state index is 14.1. The third kappa shape index (κ3) is 3.63. The number of nitrogens with one attached hydrogen (secondary N) is 1. The maximum absolute atomic E-state index is 14.1. The molecule has 1 aromatic carbocycles. The lowest BCUT2D eigenvalue weighted by Gasteiger charge is -2.12. The van der Waals surface area contributed by atoms with Crippen LogP contribution in [0.3, 0.4) is 0 Å². The number of aromatic nitrogens is 1. The number of halogens is 5. The van der Waals surface area contributed by atoms with Gasteiger partial charge >= 0.3 is 6.36 Å². The van der Waals surface area contributed by atoms with Crippen LogP contribution in [0.15, 0.2) is 47.0 Å². The summed E-state index contributed by atoms with van der Waals surface area (Å²) in [5.74, 6) is -3.75. The summed E-state index contributed by atoms with van der Waals surface area (Å²) < 4.78 is 73.7. The summed E-state index contributed by atoms with van der Waals surface area (Å²) in [6.45, 7) is 1.72. The zero-order chi connectivity index (χ0) is 21.6. The number of furan rings is 2. The molecule has 2 bridgehead atoms. The minimum Gasteiger partial charge on any atom is -0.453 e. The van der Waals surface area contributed by atoms with Crippen molar-refractivity contribution in [1.29, 1.82) is 0 Å². The molecule has 1 N–H and O–H groups in total. The van der Waals surface area contributed by atoms with Gasteiger partial charge in [0, 0.05) is 35.3 Å². The van der Waals surface area contributed by atoms with E-state index in [1.807, 2.05) is 0 Å². The lowest BCUT2D eigenvalue weighted by atomic mass is 9.99. The Hall–Kier alpha value is -3.69. The maximum Gasteiger partial charge on any atom is 0.573 e. The van der Waals surface area contributed by atoms with Crippen LogP contribution in [0.1, 0.15) is 16.1 Å². The number of aryl methyl sites for hydroxylation is 1. The van der Waals surface area contributed by atoms with Crippen molar-refractivity contribution in [2.75, 3.05) is 5.32 Å². The zero-order valence-corrected chi connectivity index (χ0v) is 15.1. The number of carbonyl (C=O) groups is 1. The molecule has 10 heteroatoms. The fraction of sp³-hybridized carbons (Fsp3) is 0.100. The van der Waals surface area contributed by atoms with Crippen molar-refractivity contribution < 1.29 is 35.9 Å². The number of rotatable bonds is 4. The molecule has 5 nitrogen and oxygen atoms in total. The number of anilines is 1. The Balaban J connectivity index is 1.68. The summed E-state index contributed by atoms with van der Waals surface area (Å²) in [6, 6.07) is 6.71. The lowest BCUT2D eigenvalue weighted by Crippen LogP contribution is -2.18. The van der Waals surface area contributed by atoms with Crippen LogP contribution < -0.4 is 10.1 Å². The van der Waals surface area contributed by atoms with E-state index in [2.05, 4.69) is 15.0 Å². The van der Waals surface area contributed by atoms with Gasteiger partial charge in [0.25, 0.3) is 5.91 Å². The number of benzene rings is 2. The minimum absolute atomic E-state index is 0.00743. The van der Waals surface area contributed by atoms with Crippen LogP contribution in [-0.4, -0.2) is 17.3 Å². The predicted molar refractivity (Wildman–Crippen MR) is 96.4 cm³/mol. The number of fused-ring (bicyclic) bond motifs is 2. The van der Waals surface area contributed by atoms with Gasteiger partial charge in [0.2, 0.25) is 0 Å². The van der Waals surface area contributed by atoms with Gasteiger partial charge in [-0.15, -0.1) is 13.2 Å². The molecule has 0 saturated heterocycles. The van der Waals surface area contributed by atoms with Gasteiger partial charge in [-0.3, -0.25) is 9.78 Å². The van der Waals surface area contributed by atoms with Crippen LogP contribution in [0.5, 0.6) is 5.75 Å². The van der Waals surface area contributed by atoms with Crippen molar-refractivity contribution in [3.63, 3.8) is 0 Å². The van der Waals surface area contributed by atoms with Gasteiger partial charge in [-0.2, -0.15) is 0 Å². The molecule has 0 radical (unpaired) electrons. The summed E-state index contributed by atoms with van der Waals surface area (Å²) >= 11 is 0. The molecule has 0 spiro atoms. The molecular weight excluding hydrogens is 411 g/mol. The van der Waals surface area contributed by atoms with E-state index in [0.29, 0.717) is 17.3 Å². The van der Waals surface area contributed by atoms with Gasteiger partial charge in [-0.1, -0.05) is 0 Å². The van der Waals surface area contributed by atoms with E-state index in [9.17, 15) is 26.7 Å². The number of ether oxygens (including phenoxy) is 1. The molecule has 154 valence electrons. The summed E-state index contributed by atoms with van der Waals surface area (Å²) in [5.41, 5.74) is 1.05. The van der Waals surface area contributed by atoms with Gasteiger partial charge in [0.15, 0.2) is 23.0 Å². The molecule has 0 saturated carbocycles. The number of nitrogens with zero attached hydrogens (tertiary/aromatic N) is 1. The predicted octanol–water partition coefficient (Wildman–Crippen LogP) is 5.67. The van der Waals surface area contributed by atoms with Crippen molar-refractivity contribution in [1.82, 2.24) is 4.98 Å². The van der Waals surface area contributed by atoms with Gasteiger partial charge in [-0.05, 0) is 36.8 Å². The van der Waals surface area contributed by atoms with Gasteiger partial charge < -0.3 is 14.5 Å². The van der Waals surface area contributed by atoms with Crippen molar-refractivity contribution in [3.8, 4) is 16.9 Å². The average Bonchev–Trinajstić information content (AvgIpc) is 3.20. The molecular formula is C20H11F5N2O3. The Bertz CT molecular complexity index is 1250. The van der Waals surface area contributed by atoms with E-state index in [1.165, 1.54) is 6.20 Å². The van der Waals surface area contributed by atoms with E-state index in [4.69, 9.17) is 4.42 Å². The smallest absolute Gasteiger partial charge is 0.453 e. The molecule has 0 aliphatic carbocycles. The molecule has 3 aromatic heterocycles. The van der Waals surface area contributed by atoms with Crippen molar-refractivity contribution in [2.45, 2.75) is 13.3 Å². The summed E-state index contributed by atoms with van der Waals surface area (Å²) in [5, 5.41) is 2.37. The van der Waals surface area contributed by atoms with E-state index in [-0.39, 0.29) is 28.0 Å². The van der Waals surface area contributed by atoms with Crippen LogP contribution in [0.4, 0.5) is 27.6 Å². The number of hydrogen-bond donors (Lipinski definition) is 1. The highest BCUT2D eigenvalue weighted by atomic mass is 19.4. The zero-order valence-electron chi connectivity index (χ0n) is 15.1. The first-order valence-corrected chi connectivity index (χ1v) is 8.46. The Morgan fingerprint density at radius 1 is 1.10 bits per heavy atom.